The van der Waals surface area contributed by atoms with Crippen LogP contribution < -0.4 is 0 Å². The first-order valence-corrected chi connectivity index (χ1v) is 5.04. The molecule has 1 aromatic carbocycles. The molecule has 88 valence electrons. The largest absolute Gasteiger partial charge is 0.462 e. The van der Waals surface area contributed by atoms with E-state index in [9.17, 15) is 14.9 Å². The zero-order valence-corrected chi connectivity index (χ0v) is 9.73. The number of carbonyl (C=O) groups is 1. The molecule has 17 heavy (non-hydrogen) atoms. The maximum absolute atomic E-state index is 11.4. The first-order chi connectivity index (χ1) is 8.01. The maximum Gasteiger partial charge on any atom is 0.338 e. The van der Waals surface area contributed by atoms with Crippen molar-refractivity contribution in [1.29, 1.82) is 5.26 Å². The van der Waals surface area contributed by atoms with E-state index < -0.39 is 16.6 Å². The number of esters is 1. The number of hydrogen-bond donors (Lipinski definition) is 1. The number of benzene rings is 1. The summed E-state index contributed by atoms with van der Waals surface area (Å²) in [5.74, 6) is -0.708. The maximum atomic E-state index is 11.4. The second kappa shape index (κ2) is 5.32. The van der Waals surface area contributed by atoms with Gasteiger partial charge in [0.2, 0.25) is 0 Å². The molecule has 0 saturated carbocycles. The second-order valence-electron chi connectivity index (χ2n) is 2.98. The van der Waals surface area contributed by atoms with Gasteiger partial charge < -0.3 is 4.74 Å². The topological polar surface area (TPSA) is 93.2 Å². The van der Waals surface area contributed by atoms with Crippen LogP contribution in [0, 0.1) is 21.4 Å². The molecular weight excluding hydrogens is 244 g/mol. The molecule has 0 fully saturated rings. The van der Waals surface area contributed by atoms with Gasteiger partial charge in [0, 0.05) is 6.07 Å². The summed E-state index contributed by atoms with van der Waals surface area (Å²) in [6, 6.07) is 4.00. The lowest BCUT2D eigenvalue weighted by Gasteiger charge is -2.04. The Morgan fingerprint density at radius 2 is 2.29 bits per heavy atom. The van der Waals surface area contributed by atoms with E-state index in [-0.39, 0.29) is 22.6 Å². The quantitative estimate of drug-likeness (QED) is 0.384. The molecule has 0 bridgehead atoms. The van der Waals surface area contributed by atoms with Gasteiger partial charge in [0.1, 0.15) is 6.07 Å². The summed E-state index contributed by atoms with van der Waals surface area (Å²) in [5, 5.41) is 19.5. The van der Waals surface area contributed by atoms with Crippen molar-refractivity contribution in [3.05, 3.63) is 33.4 Å². The van der Waals surface area contributed by atoms with E-state index in [0.717, 1.165) is 6.07 Å². The number of nitrogens with zero attached hydrogens (tertiary/aromatic N) is 2. The highest BCUT2D eigenvalue weighted by Gasteiger charge is 2.20. The molecule has 0 amide bonds. The van der Waals surface area contributed by atoms with Gasteiger partial charge in [0.15, 0.2) is 0 Å². The van der Waals surface area contributed by atoms with Crippen LogP contribution in [-0.2, 0) is 4.74 Å². The van der Waals surface area contributed by atoms with Crippen molar-refractivity contribution in [2.75, 3.05) is 6.61 Å². The number of thiol groups is 1. The summed E-state index contributed by atoms with van der Waals surface area (Å²) in [4.78, 5) is 21.4. The Bertz CT molecular complexity index is 522. The van der Waals surface area contributed by atoms with Crippen molar-refractivity contribution in [3.8, 4) is 6.07 Å². The van der Waals surface area contributed by atoms with Crippen molar-refractivity contribution in [2.45, 2.75) is 11.8 Å². The molecule has 0 aliphatic carbocycles. The van der Waals surface area contributed by atoms with E-state index in [2.05, 4.69) is 12.6 Å². The first-order valence-electron chi connectivity index (χ1n) is 4.59. The van der Waals surface area contributed by atoms with Crippen LogP contribution >= 0.6 is 12.6 Å². The molecule has 7 heteroatoms. The minimum Gasteiger partial charge on any atom is -0.462 e. The van der Waals surface area contributed by atoms with Gasteiger partial charge in [-0.3, -0.25) is 10.1 Å². The summed E-state index contributed by atoms with van der Waals surface area (Å²) in [7, 11) is 0. The van der Waals surface area contributed by atoms with Crippen LogP contribution in [0.5, 0.6) is 0 Å². The number of hydrogen-bond acceptors (Lipinski definition) is 6. The minimum absolute atomic E-state index is 0.0344. The van der Waals surface area contributed by atoms with Crippen molar-refractivity contribution in [1.82, 2.24) is 0 Å². The van der Waals surface area contributed by atoms with Crippen LogP contribution in [0.4, 0.5) is 5.69 Å². The molecule has 0 saturated heterocycles. The third kappa shape index (κ3) is 2.73. The van der Waals surface area contributed by atoms with E-state index in [1.807, 2.05) is 0 Å². The minimum atomic E-state index is -0.708. The fourth-order valence-electron chi connectivity index (χ4n) is 1.18. The average Bonchev–Trinajstić information content (AvgIpc) is 2.29. The molecule has 0 heterocycles. The predicted octanol–water partition coefficient (Wildman–Crippen LogP) is 1.93. The van der Waals surface area contributed by atoms with E-state index in [1.165, 1.54) is 6.07 Å². The molecule has 0 aliphatic rings. The van der Waals surface area contributed by atoms with Crippen LogP contribution in [0.1, 0.15) is 22.8 Å². The number of ether oxygens (including phenoxy) is 1. The van der Waals surface area contributed by atoms with Crippen LogP contribution in [0.25, 0.3) is 0 Å². The summed E-state index contributed by atoms with van der Waals surface area (Å²) in [6.45, 7) is 1.77. The molecule has 0 spiro atoms. The van der Waals surface area contributed by atoms with E-state index >= 15 is 0 Å². The van der Waals surface area contributed by atoms with Crippen molar-refractivity contribution in [3.63, 3.8) is 0 Å². The number of nitriles is 1. The van der Waals surface area contributed by atoms with E-state index in [4.69, 9.17) is 10.00 Å². The highest BCUT2D eigenvalue weighted by atomic mass is 32.1. The molecule has 0 atom stereocenters. The predicted molar refractivity (Wildman–Crippen MR) is 61.0 cm³/mol. The van der Waals surface area contributed by atoms with Crippen molar-refractivity contribution >= 4 is 24.3 Å². The van der Waals surface area contributed by atoms with Crippen LogP contribution in [0.2, 0.25) is 0 Å². The zero-order valence-electron chi connectivity index (χ0n) is 8.84. The molecule has 0 aromatic heterocycles. The number of nitro groups is 1. The molecule has 0 unspecified atom stereocenters. The van der Waals surface area contributed by atoms with Crippen molar-refractivity contribution < 1.29 is 14.5 Å². The third-order valence-electron chi connectivity index (χ3n) is 1.92. The zero-order chi connectivity index (χ0) is 13.0. The highest BCUT2D eigenvalue weighted by molar-refractivity contribution is 7.80. The second-order valence-corrected chi connectivity index (χ2v) is 3.43. The van der Waals surface area contributed by atoms with Gasteiger partial charge in [-0.2, -0.15) is 5.26 Å². The molecule has 0 radical (unpaired) electrons. The van der Waals surface area contributed by atoms with E-state index in [0.29, 0.717) is 0 Å². The molecule has 1 aromatic rings. The lowest BCUT2D eigenvalue weighted by molar-refractivity contribution is -0.387. The molecule has 1 rings (SSSR count). The number of nitro benzene ring substituents is 1. The Hall–Kier alpha value is -2.07. The first kappa shape index (κ1) is 13.0. The van der Waals surface area contributed by atoms with Crippen LogP contribution in [0.3, 0.4) is 0 Å². The summed E-state index contributed by atoms with van der Waals surface area (Å²) >= 11 is 3.88. The van der Waals surface area contributed by atoms with Gasteiger partial charge in [0.05, 0.1) is 27.6 Å². The number of carbonyl (C=O) groups excluding carboxylic acids is 1. The van der Waals surface area contributed by atoms with Gasteiger partial charge in [-0.25, -0.2) is 4.79 Å². The summed E-state index contributed by atoms with van der Waals surface area (Å²) in [6.07, 6.45) is 0. The SMILES string of the molecule is CCOC(=O)c1cc(C#N)c(S)c([N+](=O)[O-])c1. The number of rotatable bonds is 3. The highest BCUT2D eigenvalue weighted by Crippen LogP contribution is 2.27. The molecule has 0 N–H and O–H groups in total. The fraction of sp³-hybridized carbons (Fsp3) is 0.200. The lowest BCUT2D eigenvalue weighted by Crippen LogP contribution is -2.06. The Morgan fingerprint density at radius 3 is 2.76 bits per heavy atom. The van der Waals surface area contributed by atoms with E-state index in [1.54, 1.807) is 13.0 Å². The van der Waals surface area contributed by atoms with Gasteiger partial charge in [-0.05, 0) is 13.0 Å². The summed E-state index contributed by atoms with van der Waals surface area (Å²) < 4.78 is 4.71. The van der Waals surface area contributed by atoms with Gasteiger partial charge in [-0.15, -0.1) is 12.6 Å². The summed E-state index contributed by atoms with van der Waals surface area (Å²) in [5.41, 5.74) is -0.464. The van der Waals surface area contributed by atoms with Gasteiger partial charge in [0.25, 0.3) is 5.69 Å². The van der Waals surface area contributed by atoms with Gasteiger partial charge in [-0.1, -0.05) is 0 Å². The monoisotopic (exact) mass is 252 g/mol. The molecular formula is C10H8N2O4S. The fourth-order valence-corrected chi connectivity index (χ4v) is 1.44. The molecule has 6 nitrogen and oxygen atoms in total. The Labute approximate surface area is 102 Å². The van der Waals surface area contributed by atoms with Gasteiger partial charge >= 0.3 is 5.97 Å². The smallest absolute Gasteiger partial charge is 0.338 e. The average molecular weight is 252 g/mol. The van der Waals surface area contributed by atoms with Crippen molar-refractivity contribution in [2.24, 2.45) is 0 Å². The third-order valence-corrected chi connectivity index (χ3v) is 2.39. The van der Waals surface area contributed by atoms with Crippen LogP contribution in [-0.4, -0.2) is 17.5 Å². The Kier molecular flexibility index (Phi) is 4.06. The Balaban J connectivity index is 3.36. The molecule has 0 aliphatic heterocycles. The Morgan fingerprint density at radius 1 is 1.65 bits per heavy atom. The standard InChI is InChI=1S/C10H8N2O4S/c1-2-16-10(13)6-3-7(5-11)9(17)8(4-6)12(14)15/h3-4,17H,2H2,1H3. The van der Waals surface area contributed by atoms with Crippen LogP contribution in [0.15, 0.2) is 17.0 Å². The lowest BCUT2D eigenvalue weighted by atomic mass is 10.1. The normalized spacial score (nSPS) is 9.47.